The van der Waals surface area contributed by atoms with E-state index in [0.717, 1.165) is 30.1 Å². The molecule has 0 saturated carbocycles. The van der Waals surface area contributed by atoms with Gasteiger partial charge in [-0.05, 0) is 51.3 Å². The molecule has 0 aromatic heterocycles. The number of urea groups is 1. The van der Waals surface area contributed by atoms with Crippen LogP contribution in [0, 0.1) is 12.8 Å². The molecule has 5 nitrogen and oxygen atoms in total. The van der Waals surface area contributed by atoms with E-state index in [1.165, 1.54) is 12.8 Å². The van der Waals surface area contributed by atoms with E-state index in [2.05, 4.69) is 29.4 Å². The normalized spacial score (nSPS) is 18.8. The van der Waals surface area contributed by atoms with E-state index in [1.54, 1.807) is 0 Å². The first-order valence-corrected chi connectivity index (χ1v) is 8.96. The highest BCUT2D eigenvalue weighted by Crippen LogP contribution is 2.17. The average Bonchev–Trinajstić information content (AvgIpc) is 2.58. The summed E-state index contributed by atoms with van der Waals surface area (Å²) in [5, 5.41) is 15.8. The second-order valence-corrected chi connectivity index (χ2v) is 7.09. The number of hydrogen-bond acceptors (Lipinski definition) is 3. The van der Waals surface area contributed by atoms with E-state index < -0.39 is 6.10 Å². The van der Waals surface area contributed by atoms with Crippen molar-refractivity contribution >= 4 is 6.03 Å². The van der Waals surface area contributed by atoms with Gasteiger partial charge in [-0.2, -0.15) is 0 Å². The Hall–Kier alpha value is -1.59. The standard InChI is InChI=1S/C19H31N3O2/c1-14-7-9-22(10-8-14)16(3)12-20-19(24)21-13-18(23)17-6-4-5-15(2)11-17/h4-6,11,14,16,18,23H,7-10,12-13H2,1-3H3,(H2,20,21,24). The SMILES string of the molecule is Cc1cccc(C(O)CNC(=O)NCC(C)N2CCC(C)CC2)c1. The van der Waals surface area contributed by atoms with Crippen LogP contribution in [0.15, 0.2) is 24.3 Å². The molecule has 134 valence electrons. The number of nitrogens with zero attached hydrogens (tertiary/aromatic N) is 1. The molecule has 3 N–H and O–H groups in total. The lowest BCUT2D eigenvalue weighted by Gasteiger charge is -2.35. The Morgan fingerprint density at radius 2 is 1.96 bits per heavy atom. The molecule has 0 aliphatic carbocycles. The van der Waals surface area contributed by atoms with Gasteiger partial charge < -0.3 is 15.7 Å². The largest absolute Gasteiger partial charge is 0.387 e. The van der Waals surface area contributed by atoms with Crippen LogP contribution in [0.2, 0.25) is 0 Å². The van der Waals surface area contributed by atoms with Crippen LogP contribution in [0.25, 0.3) is 0 Å². The molecule has 2 unspecified atom stereocenters. The molecule has 24 heavy (non-hydrogen) atoms. The molecule has 1 aromatic rings. The molecule has 1 aliphatic rings. The second-order valence-electron chi connectivity index (χ2n) is 7.09. The zero-order valence-corrected chi connectivity index (χ0v) is 15.1. The Morgan fingerprint density at radius 1 is 1.29 bits per heavy atom. The molecule has 0 spiro atoms. The Balaban J connectivity index is 1.67. The highest BCUT2D eigenvalue weighted by atomic mass is 16.3. The smallest absolute Gasteiger partial charge is 0.314 e. The predicted octanol–water partition coefficient (Wildman–Crippen LogP) is 2.45. The number of aliphatic hydroxyl groups excluding tert-OH is 1. The fraction of sp³-hybridized carbons (Fsp3) is 0.632. The molecule has 2 amide bonds. The number of amides is 2. The maximum atomic E-state index is 11.9. The highest BCUT2D eigenvalue weighted by molar-refractivity contribution is 5.73. The molecule has 2 atom stereocenters. The second kappa shape index (κ2) is 9.04. The van der Waals surface area contributed by atoms with E-state index in [9.17, 15) is 9.90 Å². The van der Waals surface area contributed by atoms with Gasteiger partial charge in [0.2, 0.25) is 0 Å². The lowest BCUT2D eigenvalue weighted by atomic mass is 9.98. The topological polar surface area (TPSA) is 64.6 Å². The minimum Gasteiger partial charge on any atom is -0.387 e. The Kier molecular flexibility index (Phi) is 7.06. The number of carbonyl (C=O) groups is 1. The minimum atomic E-state index is -0.684. The lowest BCUT2D eigenvalue weighted by Crippen LogP contribution is -2.48. The lowest BCUT2D eigenvalue weighted by molar-refractivity contribution is 0.144. The Morgan fingerprint density at radius 3 is 2.62 bits per heavy atom. The molecule has 5 heteroatoms. The first-order valence-electron chi connectivity index (χ1n) is 8.96. The van der Waals surface area contributed by atoms with Gasteiger partial charge in [-0.25, -0.2) is 4.79 Å². The molecule has 1 aromatic carbocycles. The van der Waals surface area contributed by atoms with Crippen LogP contribution in [0.4, 0.5) is 4.79 Å². The van der Waals surface area contributed by atoms with Gasteiger partial charge in [0.05, 0.1) is 6.10 Å². The van der Waals surface area contributed by atoms with Crippen LogP contribution in [-0.2, 0) is 0 Å². The monoisotopic (exact) mass is 333 g/mol. The molecular formula is C19H31N3O2. The number of nitrogens with one attached hydrogen (secondary N) is 2. The molecular weight excluding hydrogens is 302 g/mol. The third-order valence-corrected chi connectivity index (χ3v) is 4.88. The van der Waals surface area contributed by atoms with Crippen LogP contribution in [0.3, 0.4) is 0 Å². The van der Waals surface area contributed by atoms with Gasteiger partial charge in [0.1, 0.15) is 0 Å². The number of likely N-dealkylation sites (tertiary alicyclic amines) is 1. The number of piperidine rings is 1. The van der Waals surface area contributed by atoms with Gasteiger partial charge in [0.15, 0.2) is 0 Å². The summed E-state index contributed by atoms with van der Waals surface area (Å²) in [5.74, 6) is 0.813. The van der Waals surface area contributed by atoms with Crippen molar-refractivity contribution in [2.75, 3.05) is 26.2 Å². The number of rotatable bonds is 6. The van der Waals surface area contributed by atoms with Crippen molar-refractivity contribution in [1.29, 1.82) is 0 Å². The van der Waals surface area contributed by atoms with Crippen molar-refractivity contribution in [3.05, 3.63) is 35.4 Å². The van der Waals surface area contributed by atoms with Gasteiger partial charge in [0, 0.05) is 19.1 Å². The molecule has 2 rings (SSSR count). The van der Waals surface area contributed by atoms with Gasteiger partial charge in [0.25, 0.3) is 0 Å². The van der Waals surface area contributed by atoms with Crippen molar-refractivity contribution in [2.24, 2.45) is 5.92 Å². The average molecular weight is 333 g/mol. The third-order valence-electron chi connectivity index (χ3n) is 4.88. The van der Waals surface area contributed by atoms with Crippen molar-refractivity contribution in [1.82, 2.24) is 15.5 Å². The third kappa shape index (κ3) is 5.80. The number of aliphatic hydroxyl groups is 1. The van der Waals surface area contributed by atoms with Crippen molar-refractivity contribution in [2.45, 2.75) is 45.8 Å². The molecule has 0 bridgehead atoms. The summed E-state index contributed by atoms with van der Waals surface area (Å²) >= 11 is 0. The summed E-state index contributed by atoms with van der Waals surface area (Å²) in [6.07, 6.45) is 1.79. The minimum absolute atomic E-state index is 0.213. The maximum absolute atomic E-state index is 11.9. The number of aryl methyl sites for hydroxylation is 1. The number of hydrogen-bond donors (Lipinski definition) is 3. The Labute approximate surface area is 145 Å². The first-order chi connectivity index (χ1) is 11.5. The quantitative estimate of drug-likeness (QED) is 0.749. The summed E-state index contributed by atoms with van der Waals surface area (Å²) in [7, 11) is 0. The van der Waals surface area contributed by atoms with E-state index in [1.807, 2.05) is 31.2 Å². The van der Waals surface area contributed by atoms with Crippen molar-refractivity contribution in [3.8, 4) is 0 Å². The van der Waals surface area contributed by atoms with Gasteiger partial charge in [-0.1, -0.05) is 36.8 Å². The fourth-order valence-corrected chi connectivity index (χ4v) is 3.09. The molecule has 0 radical (unpaired) electrons. The summed E-state index contributed by atoms with van der Waals surface area (Å²) in [4.78, 5) is 14.4. The van der Waals surface area contributed by atoms with Gasteiger partial charge in [-0.15, -0.1) is 0 Å². The summed E-state index contributed by atoms with van der Waals surface area (Å²) in [6.45, 7) is 9.49. The van der Waals surface area contributed by atoms with Crippen LogP contribution in [-0.4, -0.2) is 48.3 Å². The fourth-order valence-electron chi connectivity index (χ4n) is 3.09. The van der Waals surface area contributed by atoms with E-state index in [4.69, 9.17) is 0 Å². The summed E-state index contributed by atoms with van der Waals surface area (Å²) in [5.41, 5.74) is 1.92. The molecule has 1 heterocycles. The van der Waals surface area contributed by atoms with Crippen LogP contribution >= 0.6 is 0 Å². The summed E-state index contributed by atoms with van der Waals surface area (Å²) in [6, 6.07) is 7.82. The molecule has 1 aliphatic heterocycles. The van der Waals surface area contributed by atoms with Crippen molar-refractivity contribution in [3.63, 3.8) is 0 Å². The molecule has 1 saturated heterocycles. The zero-order chi connectivity index (χ0) is 17.5. The van der Waals surface area contributed by atoms with Gasteiger partial charge >= 0.3 is 6.03 Å². The zero-order valence-electron chi connectivity index (χ0n) is 15.1. The van der Waals surface area contributed by atoms with Crippen LogP contribution in [0.5, 0.6) is 0 Å². The van der Waals surface area contributed by atoms with Gasteiger partial charge in [-0.3, -0.25) is 4.90 Å². The van der Waals surface area contributed by atoms with E-state index in [-0.39, 0.29) is 12.6 Å². The Bertz CT molecular complexity index is 527. The first kappa shape index (κ1) is 18.7. The highest BCUT2D eigenvalue weighted by Gasteiger charge is 2.20. The van der Waals surface area contributed by atoms with E-state index in [0.29, 0.717) is 12.6 Å². The van der Waals surface area contributed by atoms with Crippen LogP contribution in [0.1, 0.15) is 43.9 Å². The maximum Gasteiger partial charge on any atom is 0.314 e. The van der Waals surface area contributed by atoms with Crippen LogP contribution < -0.4 is 10.6 Å². The summed E-state index contributed by atoms with van der Waals surface area (Å²) < 4.78 is 0. The predicted molar refractivity (Wildman–Crippen MR) is 97.0 cm³/mol. The van der Waals surface area contributed by atoms with E-state index >= 15 is 0 Å². The number of benzene rings is 1. The number of carbonyl (C=O) groups excluding carboxylic acids is 1. The van der Waals surface area contributed by atoms with Crippen molar-refractivity contribution < 1.29 is 9.90 Å². The molecule has 1 fully saturated rings.